The van der Waals surface area contributed by atoms with E-state index in [1.54, 1.807) is 0 Å². The molecule has 1 N–H and O–H groups in total. The van der Waals surface area contributed by atoms with Crippen LogP contribution in [0.5, 0.6) is 0 Å². The molecule has 0 amide bonds. The van der Waals surface area contributed by atoms with Crippen LogP contribution in [0.4, 0.5) is 13.2 Å². The van der Waals surface area contributed by atoms with E-state index in [1.807, 2.05) is 0 Å². The van der Waals surface area contributed by atoms with Crippen LogP contribution in [-0.2, 0) is 26.2 Å². The second kappa shape index (κ2) is 6.26. The third kappa shape index (κ3) is 4.56. The molecule has 7 nitrogen and oxygen atoms in total. The highest BCUT2D eigenvalue weighted by Gasteiger charge is 2.53. The van der Waals surface area contributed by atoms with Crippen molar-refractivity contribution in [2.24, 2.45) is 0 Å². The van der Waals surface area contributed by atoms with Crippen molar-refractivity contribution in [3.8, 4) is 0 Å². The molecule has 1 aromatic heterocycles. The fourth-order valence-electron chi connectivity index (χ4n) is 1.17. The summed E-state index contributed by atoms with van der Waals surface area (Å²) in [4.78, 5) is 22.0. The van der Waals surface area contributed by atoms with Crippen molar-refractivity contribution in [2.45, 2.75) is 18.0 Å². The van der Waals surface area contributed by atoms with Gasteiger partial charge in [-0.25, -0.2) is 4.39 Å². The quantitative estimate of drug-likeness (QED) is 0.591. The molecule has 1 aromatic rings. The molecule has 1 unspecified atom stereocenters. The largest absolute Gasteiger partial charge is 0.461 e. The number of ether oxygens (including phenoxy) is 1. The molecule has 1 heterocycles. The third-order valence-corrected chi connectivity index (χ3v) is 3.22. The zero-order valence-electron chi connectivity index (χ0n) is 10.3. The van der Waals surface area contributed by atoms with Crippen LogP contribution in [0.3, 0.4) is 0 Å². The summed E-state index contributed by atoms with van der Waals surface area (Å²) in [6.07, 6.45) is -0.988. The summed E-state index contributed by atoms with van der Waals surface area (Å²) in [7, 11) is -5.95. The lowest BCUT2D eigenvalue weighted by atomic mass is 10.4. The van der Waals surface area contributed by atoms with Crippen molar-refractivity contribution in [3.63, 3.8) is 0 Å². The average molecular weight is 329 g/mol. The topological polar surface area (TPSA) is 103 Å². The summed E-state index contributed by atoms with van der Waals surface area (Å²) < 4.78 is 72.6. The van der Waals surface area contributed by atoms with Gasteiger partial charge in [-0.1, -0.05) is 0 Å². The van der Waals surface area contributed by atoms with Gasteiger partial charge in [-0.3, -0.25) is 14.1 Å². The van der Waals surface area contributed by atoms with Gasteiger partial charge in [-0.2, -0.15) is 17.2 Å². The summed E-state index contributed by atoms with van der Waals surface area (Å²) in [5, 5.41) is -5.08. The molecule has 1 rings (SSSR count). The minimum absolute atomic E-state index is 0.323. The van der Waals surface area contributed by atoms with Crippen molar-refractivity contribution >= 4 is 16.1 Å². The fraction of sp³-hybridized carbons (Fsp3) is 0.400. The van der Waals surface area contributed by atoms with Crippen molar-refractivity contribution in [3.05, 3.63) is 34.7 Å². The maximum Gasteiger partial charge on any atom is 0.403 e. The zero-order chi connectivity index (χ0) is 16.3. The lowest BCUT2D eigenvalue weighted by molar-refractivity contribution is -0.149. The van der Waals surface area contributed by atoms with Gasteiger partial charge in [-0.05, 0) is 0 Å². The predicted molar refractivity (Wildman–Crippen MR) is 63.1 cm³/mol. The van der Waals surface area contributed by atoms with Crippen LogP contribution >= 0.6 is 0 Å². The maximum absolute atomic E-state index is 13.0. The molecule has 0 spiro atoms. The van der Waals surface area contributed by atoms with Gasteiger partial charge in [0.1, 0.15) is 13.2 Å². The van der Waals surface area contributed by atoms with Crippen LogP contribution in [0.1, 0.15) is 0 Å². The molecule has 0 aliphatic carbocycles. The minimum atomic E-state index is -5.95. The Morgan fingerprint density at radius 2 is 1.90 bits per heavy atom. The van der Waals surface area contributed by atoms with E-state index in [0.717, 1.165) is 16.7 Å². The second-order valence-corrected chi connectivity index (χ2v) is 5.39. The Morgan fingerprint density at radius 3 is 2.38 bits per heavy atom. The number of hydrogen-bond donors (Lipinski definition) is 1. The first-order valence-electron chi connectivity index (χ1n) is 5.34. The molecule has 0 saturated carbocycles. The van der Waals surface area contributed by atoms with Crippen LogP contribution in [-0.4, -0.2) is 41.5 Å². The first-order chi connectivity index (χ1) is 9.54. The van der Waals surface area contributed by atoms with Gasteiger partial charge in [0.15, 0.2) is 5.43 Å². The summed E-state index contributed by atoms with van der Waals surface area (Å²) in [5.41, 5.74) is -0.323. The average Bonchev–Trinajstić information content (AvgIpc) is 2.37. The number of carbonyl (C=O) groups excluding carboxylic acids is 1. The highest BCUT2D eigenvalue weighted by atomic mass is 32.2. The van der Waals surface area contributed by atoms with Gasteiger partial charge in [0.05, 0.1) is 0 Å². The normalized spacial score (nSPS) is 13.7. The summed E-state index contributed by atoms with van der Waals surface area (Å²) >= 11 is 0. The Hall–Kier alpha value is -1.88. The van der Waals surface area contributed by atoms with E-state index in [1.165, 1.54) is 12.4 Å². The Bertz CT molecular complexity index is 651. The molecule has 21 heavy (non-hydrogen) atoms. The number of carbonyl (C=O) groups is 1. The van der Waals surface area contributed by atoms with E-state index < -0.39 is 40.7 Å². The van der Waals surface area contributed by atoms with Gasteiger partial charge in [0.2, 0.25) is 6.17 Å². The summed E-state index contributed by atoms with van der Waals surface area (Å²) in [5.74, 6) is -1.13. The number of esters is 1. The predicted octanol–water partition coefficient (Wildman–Crippen LogP) is 0.210. The van der Waals surface area contributed by atoms with E-state index in [2.05, 4.69) is 4.74 Å². The summed E-state index contributed by atoms with van der Waals surface area (Å²) in [6.45, 7) is -2.05. The zero-order valence-corrected chi connectivity index (χ0v) is 11.1. The Morgan fingerprint density at radius 1 is 1.38 bits per heavy atom. The Labute approximate surface area is 116 Å². The van der Waals surface area contributed by atoms with Gasteiger partial charge in [0, 0.05) is 24.5 Å². The molecular weight excluding hydrogens is 319 g/mol. The van der Waals surface area contributed by atoms with Crippen LogP contribution in [0.25, 0.3) is 0 Å². The van der Waals surface area contributed by atoms with Crippen molar-refractivity contribution < 1.29 is 35.7 Å². The molecule has 0 saturated heterocycles. The maximum atomic E-state index is 13.0. The summed E-state index contributed by atoms with van der Waals surface area (Å²) in [6, 6.07) is 2.25. The molecular formula is C10H10F3NO6S. The minimum Gasteiger partial charge on any atom is -0.461 e. The monoisotopic (exact) mass is 329 g/mol. The lowest BCUT2D eigenvalue weighted by Gasteiger charge is -2.17. The second-order valence-electron chi connectivity index (χ2n) is 3.89. The highest BCUT2D eigenvalue weighted by Crippen LogP contribution is 2.27. The Kier molecular flexibility index (Phi) is 5.12. The van der Waals surface area contributed by atoms with E-state index in [4.69, 9.17) is 4.55 Å². The van der Waals surface area contributed by atoms with E-state index >= 15 is 0 Å². The van der Waals surface area contributed by atoms with Gasteiger partial charge in [0.25, 0.3) is 0 Å². The van der Waals surface area contributed by atoms with E-state index in [-0.39, 0.29) is 5.43 Å². The number of pyridine rings is 1. The van der Waals surface area contributed by atoms with Crippen LogP contribution in [0.15, 0.2) is 29.3 Å². The number of rotatable bonds is 6. The molecule has 0 radical (unpaired) electrons. The fourth-order valence-corrected chi connectivity index (χ4v) is 1.56. The van der Waals surface area contributed by atoms with Gasteiger partial charge in [-0.15, -0.1) is 0 Å². The number of aromatic nitrogens is 1. The van der Waals surface area contributed by atoms with Gasteiger partial charge < -0.3 is 9.30 Å². The molecule has 1 atom stereocenters. The molecule has 0 aliphatic heterocycles. The first kappa shape index (κ1) is 17.2. The number of hydrogen-bond acceptors (Lipinski definition) is 5. The van der Waals surface area contributed by atoms with Gasteiger partial charge >= 0.3 is 21.3 Å². The molecule has 0 fully saturated rings. The van der Waals surface area contributed by atoms with Crippen molar-refractivity contribution in [1.82, 2.24) is 4.57 Å². The molecule has 0 bridgehead atoms. The smallest absolute Gasteiger partial charge is 0.403 e. The standard InChI is InChI=1S/C10H10F3NO6S/c11-8(10(12,13)21(17,18)19)6-20-9(16)5-14-3-1-7(15)2-4-14/h1-4,8H,5-6H2,(H,17,18,19). The SMILES string of the molecule is O=C(Cn1ccc(=O)cc1)OCC(F)C(F)(F)S(=O)(=O)O. The number of alkyl halides is 3. The van der Waals surface area contributed by atoms with Crippen molar-refractivity contribution in [2.75, 3.05) is 6.61 Å². The van der Waals surface area contributed by atoms with Crippen LogP contribution in [0, 0.1) is 0 Å². The highest BCUT2D eigenvalue weighted by molar-refractivity contribution is 7.86. The molecule has 0 aromatic carbocycles. The Balaban J connectivity index is 2.57. The molecule has 0 aliphatic rings. The van der Waals surface area contributed by atoms with E-state index in [0.29, 0.717) is 0 Å². The number of nitrogens with zero attached hydrogens (tertiary/aromatic N) is 1. The van der Waals surface area contributed by atoms with Crippen LogP contribution < -0.4 is 5.43 Å². The molecule has 11 heteroatoms. The van der Waals surface area contributed by atoms with Crippen LogP contribution in [0.2, 0.25) is 0 Å². The molecule has 118 valence electrons. The first-order valence-corrected chi connectivity index (χ1v) is 6.78. The third-order valence-electron chi connectivity index (χ3n) is 2.27. The number of halogens is 3. The van der Waals surface area contributed by atoms with E-state index in [9.17, 15) is 31.2 Å². The lowest BCUT2D eigenvalue weighted by Crippen LogP contribution is -2.41. The van der Waals surface area contributed by atoms with Crippen molar-refractivity contribution in [1.29, 1.82) is 0 Å².